The molecule has 1 saturated heterocycles. The lowest BCUT2D eigenvalue weighted by molar-refractivity contribution is -0.157. The molecular weight excluding hydrogens is 414 g/mol. The predicted octanol–water partition coefficient (Wildman–Crippen LogP) is 6.23. The molecule has 3 rings (SSSR count). The second kappa shape index (κ2) is 7.81. The summed E-state index contributed by atoms with van der Waals surface area (Å²) in [5.74, 6) is -1.49. The number of carbonyl (C=O) groups is 1. The molecule has 0 unspecified atom stereocenters. The van der Waals surface area contributed by atoms with Gasteiger partial charge in [0.25, 0.3) is 7.44 Å². The molecule has 1 heterocycles. The van der Waals surface area contributed by atoms with Gasteiger partial charge in [-0.15, -0.1) is 0 Å². The van der Waals surface area contributed by atoms with E-state index in [4.69, 9.17) is 4.74 Å². The van der Waals surface area contributed by atoms with Crippen molar-refractivity contribution in [2.75, 3.05) is 13.1 Å². The molecule has 0 N–H and O–H groups in total. The number of hydrogen-bond donors (Lipinski definition) is 0. The number of alkyl halides is 1. The minimum atomic E-state index is -3.64. The molecule has 3 aliphatic rings. The van der Waals surface area contributed by atoms with Crippen molar-refractivity contribution >= 4 is 13.4 Å². The highest BCUT2D eigenvalue weighted by molar-refractivity contribution is 7.61. The Kier molecular flexibility index (Phi) is 6.34. The van der Waals surface area contributed by atoms with Crippen LogP contribution in [0.3, 0.4) is 0 Å². The summed E-state index contributed by atoms with van der Waals surface area (Å²) >= 11 is 0. The smallest absolute Gasteiger partial charge is 0.313 e. The van der Waals surface area contributed by atoms with Gasteiger partial charge in [0.15, 0.2) is 0 Å². The van der Waals surface area contributed by atoms with Crippen molar-refractivity contribution in [3.05, 3.63) is 0 Å². The molecule has 180 valence electrons. The van der Waals surface area contributed by atoms with E-state index in [0.717, 1.165) is 25.7 Å². The number of nitrogens with zero attached hydrogens (tertiary/aromatic N) is 2. The van der Waals surface area contributed by atoms with Crippen molar-refractivity contribution in [2.45, 2.75) is 118 Å². The highest BCUT2D eigenvalue weighted by atomic mass is 31.2. The Morgan fingerprint density at radius 3 is 1.71 bits per heavy atom. The van der Waals surface area contributed by atoms with Crippen molar-refractivity contribution in [1.29, 1.82) is 0 Å². The Bertz CT molecular complexity index is 715. The van der Waals surface area contributed by atoms with Crippen LogP contribution in [0.4, 0.5) is 4.39 Å². The first kappa shape index (κ1) is 25.2. The average Bonchev–Trinajstić information content (AvgIpc) is 3.22. The van der Waals surface area contributed by atoms with E-state index in [2.05, 4.69) is 41.5 Å². The molecule has 0 spiro atoms. The van der Waals surface area contributed by atoms with Gasteiger partial charge in [0.1, 0.15) is 11.5 Å². The first-order valence-electron chi connectivity index (χ1n) is 12.0. The third-order valence-corrected chi connectivity index (χ3v) is 10.2. The number of carbonyl (C=O) groups excluding carboxylic acids is 1. The van der Waals surface area contributed by atoms with Gasteiger partial charge < -0.3 is 4.74 Å². The molecule has 5 nitrogen and oxygen atoms in total. The number of rotatable bonds is 4. The van der Waals surface area contributed by atoms with Crippen LogP contribution in [0, 0.1) is 16.7 Å². The number of fused-ring (bicyclic) bond motifs is 1. The number of ether oxygens (including phenoxy) is 1. The summed E-state index contributed by atoms with van der Waals surface area (Å²) in [6, 6.07) is 0.183. The number of hydrogen-bond acceptors (Lipinski definition) is 3. The predicted molar refractivity (Wildman–Crippen MR) is 124 cm³/mol. The quantitative estimate of drug-likeness (QED) is 0.369. The van der Waals surface area contributed by atoms with Crippen molar-refractivity contribution in [3.63, 3.8) is 0 Å². The third kappa shape index (κ3) is 4.92. The average molecular weight is 459 g/mol. The molecule has 4 atom stereocenters. The van der Waals surface area contributed by atoms with Crippen LogP contribution in [0.15, 0.2) is 0 Å². The molecule has 0 radical (unpaired) electrons. The summed E-state index contributed by atoms with van der Waals surface area (Å²) in [6.07, 6.45) is 4.05. The zero-order valence-corrected chi connectivity index (χ0v) is 22.0. The van der Waals surface area contributed by atoms with Crippen LogP contribution in [-0.4, -0.2) is 51.5 Å². The van der Waals surface area contributed by atoms with Gasteiger partial charge in [-0.1, -0.05) is 54.4 Å². The van der Waals surface area contributed by atoms with Gasteiger partial charge in [-0.05, 0) is 44.4 Å². The lowest BCUT2D eigenvalue weighted by Gasteiger charge is -2.39. The summed E-state index contributed by atoms with van der Waals surface area (Å²) in [5, 5.41) is -2.02. The highest BCUT2D eigenvalue weighted by Gasteiger charge is 2.78. The van der Waals surface area contributed by atoms with Crippen LogP contribution in [0.1, 0.15) is 94.4 Å². The van der Waals surface area contributed by atoms with Crippen molar-refractivity contribution in [3.8, 4) is 0 Å². The second-order valence-electron chi connectivity index (χ2n) is 13.4. The number of halogens is 1. The first-order valence-corrected chi connectivity index (χ1v) is 13.6. The molecule has 2 saturated carbocycles. The maximum Gasteiger partial charge on any atom is 0.313 e. The standard InChI is InChI=1S/C24H44FN2O3P/c1-21(2,3)15-26-18-12-10-11-13-19(18)27(16-22(4,5)6)31(26,29)24(25)14-17(24)20(28)30-23(7,8)9/h17-19H,10-16H2,1-9H3/t17-,18+,19+,24+/m0/s1. The molecule has 0 aromatic heterocycles. The summed E-state index contributed by atoms with van der Waals surface area (Å²) in [7, 11) is -3.64. The normalized spacial score (nSPS) is 34.5. The molecule has 3 fully saturated rings. The monoisotopic (exact) mass is 458 g/mol. The topological polar surface area (TPSA) is 49.9 Å². The Balaban J connectivity index is 2.04. The van der Waals surface area contributed by atoms with E-state index in [0.29, 0.717) is 13.1 Å². The Labute approximate surface area is 188 Å². The van der Waals surface area contributed by atoms with Crippen LogP contribution in [0.5, 0.6) is 0 Å². The number of esters is 1. The Morgan fingerprint density at radius 2 is 1.35 bits per heavy atom. The molecule has 1 aliphatic heterocycles. The summed E-state index contributed by atoms with van der Waals surface area (Å²) in [6.45, 7) is 19.2. The van der Waals surface area contributed by atoms with Crippen molar-refractivity contribution < 1.29 is 18.5 Å². The maximum absolute atomic E-state index is 16.7. The molecule has 0 aromatic rings. The van der Waals surface area contributed by atoms with E-state index in [9.17, 15) is 4.79 Å². The van der Waals surface area contributed by atoms with E-state index in [1.54, 1.807) is 20.8 Å². The fourth-order valence-corrected chi connectivity index (χ4v) is 10.0. The van der Waals surface area contributed by atoms with Gasteiger partial charge in [0, 0.05) is 31.6 Å². The van der Waals surface area contributed by atoms with Gasteiger partial charge in [-0.2, -0.15) is 0 Å². The summed E-state index contributed by atoms with van der Waals surface area (Å²) in [4.78, 5) is 12.8. The second-order valence-corrected chi connectivity index (χ2v) is 16.2. The molecule has 0 amide bonds. The van der Waals surface area contributed by atoms with Gasteiger partial charge in [0.2, 0.25) is 5.41 Å². The Hall–Kier alpha value is -0.450. The van der Waals surface area contributed by atoms with E-state index in [1.807, 2.05) is 9.34 Å². The van der Waals surface area contributed by atoms with E-state index in [1.165, 1.54) is 0 Å². The van der Waals surface area contributed by atoms with E-state index >= 15 is 8.96 Å². The lowest BCUT2D eigenvalue weighted by atomic mass is 9.87. The molecule has 7 heteroatoms. The van der Waals surface area contributed by atoms with Gasteiger partial charge in [0.05, 0.1) is 0 Å². The molecule has 0 aromatic carbocycles. The molecule has 0 bridgehead atoms. The zero-order valence-electron chi connectivity index (χ0n) is 21.1. The summed E-state index contributed by atoms with van der Waals surface area (Å²) in [5.41, 5.74) is -0.931. The minimum Gasteiger partial charge on any atom is -0.460 e. The molecule has 31 heavy (non-hydrogen) atoms. The van der Waals surface area contributed by atoms with Crippen molar-refractivity contribution in [2.24, 2.45) is 16.7 Å². The lowest BCUT2D eigenvalue weighted by Crippen LogP contribution is -2.43. The van der Waals surface area contributed by atoms with Crippen LogP contribution in [0.25, 0.3) is 0 Å². The highest BCUT2D eigenvalue weighted by Crippen LogP contribution is 2.81. The van der Waals surface area contributed by atoms with Crippen molar-refractivity contribution in [1.82, 2.24) is 9.34 Å². The Morgan fingerprint density at radius 1 is 0.935 bits per heavy atom. The van der Waals surface area contributed by atoms with E-state index < -0.39 is 30.3 Å². The van der Waals surface area contributed by atoms with E-state index in [-0.39, 0.29) is 29.3 Å². The fraction of sp³-hybridized carbons (Fsp3) is 0.958. The van der Waals surface area contributed by atoms with Crippen LogP contribution < -0.4 is 0 Å². The van der Waals surface area contributed by atoms with Crippen LogP contribution in [-0.2, 0) is 14.1 Å². The molecule has 2 aliphatic carbocycles. The minimum absolute atomic E-state index is 0.0000825. The SMILES string of the molecule is CC(C)(C)CN1[C@@H]2CCCC[C@H]2N(CC(C)(C)C)P1(=O)[C@]1(F)C[C@H]1C(=O)OC(C)(C)C. The maximum atomic E-state index is 16.7. The van der Waals surface area contributed by atoms with Gasteiger partial charge in [-0.25, -0.2) is 13.7 Å². The molecular formula is C24H44FN2O3P. The van der Waals surface area contributed by atoms with Crippen LogP contribution >= 0.6 is 7.44 Å². The van der Waals surface area contributed by atoms with Gasteiger partial charge in [-0.3, -0.25) is 9.36 Å². The summed E-state index contributed by atoms with van der Waals surface area (Å²) < 4.78 is 41.3. The largest absolute Gasteiger partial charge is 0.460 e. The fourth-order valence-electron chi connectivity index (χ4n) is 5.35. The third-order valence-electron chi connectivity index (χ3n) is 6.47. The van der Waals surface area contributed by atoms with Crippen LogP contribution in [0.2, 0.25) is 0 Å². The van der Waals surface area contributed by atoms with Gasteiger partial charge >= 0.3 is 5.97 Å². The first-order chi connectivity index (χ1) is 13.9. The zero-order chi connectivity index (χ0) is 23.6.